The van der Waals surface area contributed by atoms with Gasteiger partial charge in [-0.2, -0.15) is 0 Å². The summed E-state index contributed by atoms with van der Waals surface area (Å²) in [6.07, 6.45) is 1.60. The van der Waals surface area contributed by atoms with Crippen LogP contribution in [-0.4, -0.2) is 29.3 Å². The van der Waals surface area contributed by atoms with Gasteiger partial charge < -0.3 is 16.0 Å². The van der Waals surface area contributed by atoms with E-state index in [0.29, 0.717) is 12.2 Å². The number of fused-ring (bicyclic) bond motifs is 1. The van der Waals surface area contributed by atoms with Gasteiger partial charge in [0, 0.05) is 35.6 Å². The monoisotopic (exact) mass is 368 g/mol. The lowest BCUT2D eigenvalue weighted by molar-refractivity contribution is -0.384. The molecule has 0 aliphatic carbocycles. The number of hydrogen-bond acceptors (Lipinski definition) is 5. The van der Waals surface area contributed by atoms with Crippen molar-refractivity contribution in [3.63, 3.8) is 0 Å². The van der Waals surface area contributed by atoms with E-state index in [2.05, 4.69) is 5.32 Å². The lowest BCUT2D eigenvalue weighted by atomic mass is 9.99. The molecule has 2 aromatic carbocycles. The third-order valence-corrected chi connectivity index (χ3v) is 4.59. The molecule has 27 heavy (non-hydrogen) atoms. The minimum absolute atomic E-state index is 0.132. The highest BCUT2D eigenvalue weighted by Crippen LogP contribution is 2.31. The van der Waals surface area contributed by atoms with E-state index in [1.165, 1.54) is 24.3 Å². The molecule has 0 aromatic heterocycles. The van der Waals surface area contributed by atoms with E-state index < -0.39 is 16.9 Å². The van der Waals surface area contributed by atoms with Gasteiger partial charge in [0.15, 0.2) is 0 Å². The van der Waals surface area contributed by atoms with Crippen LogP contribution in [0.25, 0.3) is 0 Å². The Labute approximate surface area is 156 Å². The first-order valence-corrected chi connectivity index (χ1v) is 8.62. The van der Waals surface area contributed by atoms with E-state index in [1.807, 2.05) is 6.07 Å². The van der Waals surface area contributed by atoms with Crippen LogP contribution in [0, 0.1) is 10.1 Å². The molecule has 1 aliphatic heterocycles. The Morgan fingerprint density at radius 3 is 2.74 bits per heavy atom. The molecule has 1 aliphatic rings. The Hall–Kier alpha value is -3.42. The largest absolute Gasteiger partial charge is 0.398 e. The Bertz CT molecular complexity index is 912. The number of nitro groups is 1. The molecule has 2 aromatic rings. The number of hydrogen-bond donors (Lipinski definition) is 2. The summed E-state index contributed by atoms with van der Waals surface area (Å²) in [4.78, 5) is 37.2. The minimum atomic E-state index is -0.788. The smallest absolute Gasteiger partial charge is 0.270 e. The zero-order valence-corrected chi connectivity index (χ0v) is 14.8. The molecule has 0 bridgehead atoms. The van der Waals surface area contributed by atoms with Crippen molar-refractivity contribution in [3.05, 3.63) is 63.7 Å². The highest BCUT2D eigenvalue weighted by Gasteiger charge is 2.28. The quantitative estimate of drug-likeness (QED) is 0.487. The van der Waals surface area contributed by atoms with Crippen LogP contribution in [0.1, 0.15) is 29.3 Å². The van der Waals surface area contributed by atoms with E-state index in [1.54, 1.807) is 24.0 Å². The highest BCUT2D eigenvalue weighted by atomic mass is 16.6. The fourth-order valence-electron chi connectivity index (χ4n) is 3.22. The second-order valence-electron chi connectivity index (χ2n) is 6.44. The van der Waals surface area contributed by atoms with Crippen molar-refractivity contribution in [1.82, 2.24) is 5.32 Å². The third-order valence-electron chi connectivity index (χ3n) is 4.59. The summed E-state index contributed by atoms with van der Waals surface area (Å²) in [5.74, 6) is -0.787. The number of carbonyl (C=O) groups excluding carboxylic acids is 2. The molecular formula is C19H20N4O4. The molecule has 140 valence electrons. The first kappa shape index (κ1) is 18.4. The van der Waals surface area contributed by atoms with E-state index in [0.717, 1.165) is 24.1 Å². The molecule has 3 rings (SSSR count). The molecular weight excluding hydrogens is 348 g/mol. The standard InChI is InChI=1S/C19H20N4O4/c1-12(21-18(24)13-5-2-6-14(11-13)23(26)27)19(25)22-10-4-7-15-16(20)8-3-9-17(15)22/h2-3,5-6,8-9,11-12H,4,7,10,20H2,1H3,(H,21,24). The molecule has 1 unspecified atom stereocenters. The molecule has 0 saturated carbocycles. The first-order chi connectivity index (χ1) is 12.9. The fraction of sp³-hybridized carbons (Fsp3) is 0.263. The average molecular weight is 368 g/mol. The van der Waals surface area contributed by atoms with Crippen LogP contribution in [-0.2, 0) is 11.2 Å². The van der Waals surface area contributed by atoms with E-state index in [-0.39, 0.29) is 17.2 Å². The van der Waals surface area contributed by atoms with Crippen molar-refractivity contribution in [2.75, 3.05) is 17.2 Å². The molecule has 0 radical (unpaired) electrons. The maximum absolute atomic E-state index is 12.9. The highest BCUT2D eigenvalue weighted by molar-refractivity contribution is 6.03. The Balaban J connectivity index is 1.75. The van der Waals surface area contributed by atoms with Gasteiger partial charge in [-0.25, -0.2) is 0 Å². The van der Waals surface area contributed by atoms with Crippen LogP contribution >= 0.6 is 0 Å². The molecule has 2 amide bonds. The molecule has 8 heteroatoms. The van der Waals surface area contributed by atoms with Crippen LogP contribution < -0.4 is 16.0 Å². The number of anilines is 2. The number of nitrogens with two attached hydrogens (primary N) is 1. The Morgan fingerprint density at radius 1 is 1.26 bits per heavy atom. The summed E-state index contributed by atoms with van der Waals surface area (Å²) in [7, 11) is 0. The summed E-state index contributed by atoms with van der Waals surface area (Å²) >= 11 is 0. The summed E-state index contributed by atoms with van der Waals surface area (Å²) in [6.45, 7) is 2.14. The molecule has 1 heterocycles. The summed E-state index contributed by atoms with van der Waals surface area (Å²) in [5, 5.41) is 13.5. The molecule has 8 nitrogen and oxygen atoms in total. The summed E-state index contributed by atoms with van der Waals surface area (Å²) in [6, 6.07) is 10.1. The number of benzene rings is 2. The van der Waals surface area contributed by atoms with Gasteiger partial charge >= 0.3 is 0 Å². The van der Waals surface area contributed by atoms with Crippen molar-refractivity contribution < 1.29 is 14.5 Å². The third kappa shape index (κ3) is 3.74. The van der Waals surface area contributed by atoms with Crippen LogP contribution in [0.15, 0.2) is 42.5 Å². The van der Waals surface area contributed by atoms with Gasteiger partial charge in [0.2, 0.25) is 5.91 Å². The number of nitrogens with zero attached hydrogens (tertiary/aromatic N) is 2. The van der Waals surface area contributed by atoms with Crippen molar-refractivity contribution >= 4 is 28.9 Å². The number of nitrogen functional groups attached to an aromatic ring is 1. The van der Waals surface area contributed by atoms with E-state index in [9.17, 15) is 19.7 Å². The number of rotatable bonds is 4. The van der Waals surface area contributed by atoms with Crippen molar-refractivity contribution in [1.29, 1.82) is 0 Å². The second kappa shape index (κ2) is 7.45. The zero-order chi connectivity index (χ0) is 19.6. The first-order valence-electron chi connectivity index (χ1n) is 8.62. The van der Waals surface area contributed by atoms with Gasteiger partial charge in [-0.05, 0) is 43.5 Å². The number of nitro benzene ring substituents is 1. The minimum Gasteiger partial charge on any atom is -0.398 e. The van der Waals surface area contributed by atoms with Gasteiger partial charge in [0.25, 0.3) is 11.6 Å². The number of carbonyl (C=O) groups is 2. The van der Waals surface area contributed by atoms with Gasteiger partial charge in [-0.1, -0.05) is 12.1 Å². The van der Waals surface area contributed by atoms with Crippen LogP contribution in [0.5, 0.6) is 0 Å². The van der Waals surface area contributed by atoms with Gasteiger partial charge in [0.05, 0.1) is 4.92 Å². The van der Waals surface area contributed by atoms with Crippen molar-refractivity contribution in [3.8, 4) is 0 Å². The van der Waals surface area contributed by atoms with Gasteiger partial charge in [-0.3, -0.25) is 19.7 Å². The fourth-order valence-corrected chi connectivity index (χ4v) is 3.22. The van der Waals surface area contributed by atoms with Crippen LogP contribution in [0.4, 0.5) is 17.1 Å². The van der Waals surface area contributed by atoms with Crippen LogP contribution in [0.3, 0.4) is 0 Å². The lowest BCUT2D eigenvalue weighted by Crippen LogP contribution is -2.48. The summed E-state index contributed by atoms with van der Waals surface area (Å²) in [5.41, 5.74) is 8.32. The van der Waals surface area contributed by atoms with Crippen molar-refractivity contribution in [2.24, 2.45) is 0 Å². The average Bonchev–Trinajstić information content (AvgIpc) is 2.67. The molecule has 0 fully saturated rings. The predicted molar refractivity (Wildman–Crippen MR) is 102 cm³/mol. The second-order valence-corrected chi connectivity index (χ2v) is 6.44. The Kier molecular flexibility index (Phi) is 5.07. The molecule has 0 saturated heterocycles. The molecule has 0 spiro atoms. The lowest BCUT2D eigenvalue weighted by Gasteiger charge is -2.32. The molecule has 3 N–H and O–H groups in total. The van der Waals surface area contributed by atoms with Crippen molar-refractivity contribution in [2.45, 2.75) is 25.8 Å². The maximum atomic E-state index is 12.9. The number of amides is 2. The topological polar surface area (TPSA) is 119 Å². The zero-order valence-electron chi connectivity index (χ0n) is 14.8. The number of nitrogens with one attached hydrogen (secondary N) is 1. The van der Waals surface area contributed by atoms with E-state index in [4.69, 9.17) is 5.73 Å². The van der Waals surface area contributed by atoms with E-state index >= 15 is 0 Å². The summed E-state index contributed by atoms with van der Waals surface area (Å²) < 4.78 is 0. The normalized spacial score (nSPS) is 14.2. The van der Waals surface area contributed by atoms with Gasteiger partial charge in [0.1, 0.15) is 6.04 Å². The molecule has 1 atom stereocenters. The SMILES string of the molecule is CC(NC(=O)c1cccc([N+](=O)[O-])c1)C(=O)N1CCCc2c(N)cccc21. The van der Waals surface area contributed by atoms with Gasteiger partial charge in [-0.15, -0.1) is 0 Å². The Morgan fingerprint density at radius 2 is 2.00 bits per heavy atom. The predicted octanol–water partition coefficient (Wildman–Crippen LogP) is 2.27. The maximum Gasteiger partial charge on any atom is 0.270 e. The van der Waals surface area contributed by atoms with Crippen LogP contribution in [0.2, 0.25) is 0 Å². The number of non-ortho nitro benzene ring substituents is 1.